The Morgan fingerprint density at radius 1 is 1.22 bits per heavy atom. The van der Waals surface area contributed by atoms with Crippen LogP contribution in [0.2, 0.25) is 0 Å². The minimum Gasteiger partial charge on any atom is -0.371 e. The van der Waals surface area contributed by atoms with Gasteiger partial charge in [-0.15, -0.1) is 0 Å². The summed E-state index contributed by atoms with van der Waals surface area (Å²) in [4.78, 5) is 2.11. The van der Waals surface area contributed by atoms with Crippen LogP contribution in [0.25, 0.3) is 0 Å². The lowest BCUT2D eigenvalue weighted by molar-refractivity contribution is 0.329. The molecule has 0 spiro atoms. The second-order valence-corrected chi connectivity index (χ2v) is 6.11. The molecule has 2 atom stereocenters. The van der Waals surface area contributed by atoms with E-state index in [2.05, 4.69) is 32.6 Å². The van der Waals surface area contributed by atoms with Crippen LogP contribution in [0.15, 0.2) is 18.2 Å². The molecular formula is C15H25FN2. The van der Waals surface area contributed by atoms with E-state index in [-0.39, 0.29) is 23.3 Å². The van der Waals surface area contributed by atoms with Crippen molar-refractivity contribution in [1.29, 1.82) is 0 Å². The predicted octanol–water partition coefficient (Wildman–Crippen LogP) is 3.72. The van der Waals surface area contributed by atoms with E-state index < -0.39 is 0 Å². The molecule has 0 amide bonds. The molecule has 102 valence electrons. The smallest absolute Gasteiger partial charge is 0.130 e. The zero-order chi connectivity index (χ0) is 14.1. The Labute approximate surface area is 110 Å². The monoisotopic (exact) mass is 252 g/mol. The molecule has 0 saturated heterocycles. The van der Waals surface area contributed by atoms with Crippen molar-refractivity contribution >= 4 is 5.69 Å². The molecule has 1 aromatic rings. The van der Waals surface area contributed by atoms with E-state index in [1.54, 1.807) is 6.07 Å². The number of hydrogen-bond donors (Lipinski definition) is 1. The van der Waals surface area contributed by atoms with Crippen molar-refractivity contribution < 1.29 is 4.39 Å². The SMILES string of the molecule is CC(N(C)c1cccc(F)c1[C@H](C)N)C(C)(C)C. The van der Waals surface area contributed by atoms with Gasteiger partial charge in [0.05, 0.1) is 0 Å². The van der Waals surface area contributed by atoms with Crippen LogP contribution in [-0.4, -0.2) is 13.1 Å². The minimum absolute atomic E-state index is 0.121. The Balaban J connectivity index is 3.21. The third-order valence-corrected chi connectivity index (χ3v) is 3.70. The van der Waals surface area contributed by atoms with Gasteiger partial charge in [-0.25, -0.2) is 4.39 Å². The molecule has 0 heterocycles. The molecule has 18 heavy (non-hydrogen) atoms. The summed E-state index contributed by atoms with van der Waals surface area (Å²) in [6.07, 6.45) is 0. The highest BCUT2D eigenvalue weighted by molar-refractivity contribution is 5.55. The fourth-order valence-corrected chi connectivity index (χ4v) is 2.07. The number of nitrogens with two attached hydrogens (primary N) is 1. The van der Waals surface area contributed by atoms with Crippen molar-refractivity contribution in [2.45, 2.75) is 46.7 Å². The Morgan fingerprint density at radius 2 is 1.78 bits per heavy atom. The molecular weight excluding hydrogens is 227 g/mol. The normalized spacial score (nSPS) is 15.3. The highest BCUT2D eigenvalue weighted by Gasteiger charge is 2.26. The van der Waals surface area contributed by atoms with Gasteiger partial charge in [0, 0.05) is 30.4 Å². The van der Waals surface area contributed by atoms with Gasteiger partial charge in [0.2, 0.25) is 0 Å². The third-order valence-electron chi connectivity index (χ3n) is 3.70. The van der Waals surface area contributed by atoms with E-state index in [4.69, 9.17) is 5.73 Å². The second kappa shape index (κ2) is 5.27. The zero-order valence-corrected chi connectivity index (χ0v) is 12.3. The van der Waals surface area contributed by atoms with E-state index in [0.29, 0.717) is 5.56 Å². The summed E-state index contributed by atoms with van der Waals surface area (Å²) in [7, 11) is 2.00. The van der Waals surface area contributed by atoms with Crippen molar-refractivity contribution in [3.63, 3.8) is 0 Å². The molecule has 0 fully saturated rings. The highest BCUT2D eigenvalue weighted by atomic mass is 19.1. The maximum atomic E-state index is 13.9. The Bertz CT molecular complexity index is 407. The summed E-state index contributed by atoms with van der Waals surface area (Å²) in [6, 6.07) is 5.12. The molecule has 0 aliphatic rings. The average Bonchev–Trinajstić information content (AvgIpc) is 2.24. The van der Waals surface area contributed by atoms with Crippen molar-refractivity contribution in [2.24, 2.45) is 11.1 Å². The van der Waals surface area contributed by atoms with E-state index in [9.17, 15) is 4.39 Å². The predicted molar refractivity (Wildman–Crippen MR) is 76.3 cm³/mol. The average molecular weight is 252 g/mol. The zero-order valence-electron chi connectivity index (χ0n) is 12.3. The maximum absolute atomic E-state index is 13.9. The van der Waals surface area contributed by atoms with Crippen LogP contribution in [-0.2, 0) is 0 Å². The van der Waals surface area contributed by atoms with Crippen molar-refractivity contribution in [1.82, 2.24) is 0 Å². The van der Waals surface area contributed by atoms with E-state index in [1.165, 1.54) is 6.07 Å². The molecule has 2 N–H and O–H groups in total. The number of benzene rings is 1. The van der Waals surface area contributed by atoms with E-state index >= 15 is 0 Å². The first kappa shape index (κ1) is 15.0. The Morgan fingerprint density at radius 3 is 2.22 bits per heavy atom. The molecule has 3 heteroatoms. The third kappa shape index (κ3) is 3.02. The highest BCUT2D eigenvalue weighted by Crippen LogP contribution is 2.32. The minimum atomic E-state index is -0.309. The summed E-state index contributed by atoms with van der Waals surface area (Å²) in [5.74, 6) is -0.226. The van der Waals surface area contributed by atoms with Crippen LogP contribution in [0.3, 0.4) is 0 Å². The topological polar surface area (TPSA) is 29.3 Å². The maximum Gasteiger partial charge on any atom is 0.130 e. The first-order valence-electron chi connectivity index (χ1n) is 6.43. The number of rotatable bonds is 3. The molecule has 0 aromatic heterocycles. The van der Waals surface area contributed by atoms with Gasteiger partial charge in [0.1, 0.15) is 5.82 Å². The molecule has 2 nitrogen and oxygen atoms in total. The quantitative estimate of drug-likeness (QED) is 0.888. The molecule has 0 radical (unpaired) electrons. The molecule has 1 aromatic carbocycles. The van der Waals surface area contributed by atoms with Gasteiger partial charge in [-0.3, -0.25) is 0 Å². The Hall–Kier alpha value is -1.09. The second-order valence-electron chi connectivity index (χ2n) is 6.11. The number of hydrogen-bond acceptors (Lipinski definition) is 2. The summed E-state index contributed by atoms with van der Waals surface area (Å²) >= 11 is 0. The van der Waals surface area contributed by atoms with Gasteiger partial charge in [-0.2, -0.15) is 0 Å². The largest absolute Gasteiger partial charge is 0.371 e. The molecule has 1 unspecified atom stereocenters. The molecule has 0 bridgehead atoms. The van der Waals surface area contributed by atoms with Crippen LogP contribution in [0, 0.1) is 11.2 Å². The number of nitrogens with zero attached hydrogens (tertiary/aromatic N) is 1. The molecule has 0 aliphatic heterocycles. The van der Waals surface area contributed by atoms with Gasteiger partial charge in [-0.05, 0) is 31.4 Å². The Kier molecular flexibility index (Phi) is 4.38. The lowest BCUT2D eigenvalue weighted by Crippen LogP contribution is -2.40. The standard InChI is InChI=1S/C15H25FN2/c1-10(17)14-12(16)8-7-9-13(14)18(6)11(2)15(3,4)5/h7-11H,17H2,1-6H3/t10-,11?/m0/s1. The van der Waals surface area contributed by atoms with E-state index in [0.717, 1.165) is 5.69 Å². The van der Waals surface area contributed by atoms with Gasteiger partial charge >= 0.3 is 0 Å². The summed E-state index contributed by atoms with van der Waals surface area (Å²) < 4.78 is 13.9. The number of halogens is 1. The number of anilines is 1. The lowest BCUT2D eigenvalue weighted by atomic mass is 9.86. The summed E-state index contributed by atoms with van der Waals surface area (Å²) in [5, 5.41) is 0. The fourth-order valence-electron chi connectivity index (χ4n) is 2.07. The first-order valence-corrected chi connectivity index (χ1v) is 6.43. The molecule has 1 rings (SSSR count). The van der Waals surface area contributed by atoms with Crippen molar-refractivity contribution in [3.05, 3.63) is 29.6 Å². The fraction of sp³-hybridized carbons (Fsp3) is 0.600. The van der Waals surface area contributed by atoms with E-state index in [1.807, 2.05) is 20.0 Å². The van der Waals surface area contributed by atoms with Gasteiger partial charge in [0.25, 0.3) is 0 Å². The van der Waals surface area contributed by atoms with Crippen LogP contribution >= 0.6 is 0 Å². The summed E-state index contributed by atoms with van der Waals surface area (Å²) in [5.41, 5.74) is 7.49. The van der Waals surface area contributed by atoms with Crippen LogP contribution in [0.5, 0.6) is 0 Å². The molecule has 0 saturated carbocycles. The van der Waals surface area contributed by atoms with Gasteiger partial charge in [-0.1, -0.05) is 26.8 Å². The van der Waals surface area contributed by atoms with Gasteiger partial charge < -0.3 is 10.6 Å². The lowest BCUT2D eigenvalue weighted by Gasteiger charge is -2.38. The van der Waals surface area contributed by atoms with Crippen LogP contribution in [0.1, 0.15) is 46.2 Å². The first-order chi connectivity index (χ1) is 8.16. The van der Waals surface area contributed by atoms with Gasteiger partial charge in [0.15, 0.2) is 0 Å². The summed E-state index contributed by atoms with van der Waals surface area (Å²) in [6.45, 7) is 10.5. The van der Waals surface area contributed by atoms with Crippen LogP contribution < -0.4 is 10.6 Å². The van der Waals surface area contributed by atoms with Crippen molar-refractivity contribution in [3.8, 4) is 0 Å². The molecule has 0 aliphatic carbocycles. The van der Waals surface area contributed by atoms with Crippen molar-refractivity contribution in [2.75, 3.05) is 11.9 Å². The van der Waals surface area contributed by atoms with Crippen LogP contribution in [0.4, 0.5) is 10.1 Å².